The van der Waals surface area contributed by atoms with Crippen LogP contribution in [0.1, 0.15) is 24.0 Å². The van der Waals surface area contributed by atoms with E-state index >= 15 is 0 Å². The number of fused-ring (bicyclic) bond motifs is 8. The van der Waals surface area contributed by atoms with Crippen molar-refractivity contribution in [3.05, 3.63) is 169 Å². The van der Waals surface area contributed by atoms with Gasteiger partial charge in [0.1, 0.15) is 16.7 Å². The molecule has 6 nitrogen and oxygen atoms in total. The van der Waals surface area contributed by atoms with Gasteiger partial charge in [-0.05, 0) is 93.7 Å². The fourth-order valence-electron chi connectivity index (χ4n) is 8.97. The van der Waals surface area contributed by atoms with Gasteiger partial charge < -0.3 is 8.83 Å². The molecule has 0 spiro atoms. The predicted molar refractivity (Wildman–Crippen MR) is 234 cm³/mol. The minimum Gasteiger partial charge on any atom is -0.456 e. The summed E-state index contributed by atoms with van der Waals surface area (Å²) in [6, 6.07) is 54.7. The Kier molecular flexibility index (Phi) is 7.38. The first kappa shape index (κ1) is 32.8. The SMILES string of the molecule is c1ccc(-c2nc(-c3ccccc3)nc(-c3ccc(-c4cc5c(c(-c6nc7cc8c(cc7o6)oc6ccccc68)c4)CCCC5)c4c3ccc3ccccc34)n2)cc1. The highest BCUT2D eigenvalue weighted by atomic mass is 16.4. The van der Waals surface area contributed by atoms with E-state index < -0.39 is 0 Å². The maximum absolute atomic E-state index is 6.65. The summed E-state index contributed by atoms with van der Waals surface area (Å²) in [5.41, 5.74) is 12.1. The molecule has 0 amide bonds. The van der Waals surface area contributed by atoms with Crippen molar-refractivity contribution in [3.8, 4) is 56.7 Å². The molecule has 11 aromatic rings. The number of aromatic nitrogens is 4. The molecule has 58 heavy (non-hydrogen) atoms. The van der Waals surface area contributed by atoms with E-state index in [1.807, 2.05) is 84.9 Å². The summed E-state index contributed by atoms with van der Waals surface area (Å²) in [5, 5.41) is 6.71. The van der Waals surface area contributed by atoms with E-state index in [2.05, 4.69) is 72.8 Å². The maximum atomic E-state index is 6.65. The van der Waals surface area contributed by atoms with Crippen molar-refractivity contribution < 1.29 is 8.83 Å². The van der Waals surface area contributed by atoms with E-state index in [9.17, 15) is 0 Å². The Balaban J connectivity index is 1.08. The molecule has 274 valence electrons. The van der Waals surface area contributed by atoms with Crippen LogP contribution >= 0.6 is 0 Å². The highest BCUT2D eigenvalue weighted by Crippen LogP contribution is 2.44. The standard InChI is InChI=1S/C52H34N4O2/c1-3-14-32(15-4-1)49-54-50(33-16-5-2-6-17-33)56-51(55-49)41-26-25-38(48-37-20-10-7-13-31(37)23-24-40(41)48)35-27-34-18-8-9-19-36(34)43(28-35)52-53-44-29-42-39-21-11-12-22-45(39)57-46(42)30-47(44)58-52/h1-7,10-17,20-30H,8-9,18-19H2. The first-order valence-electron chi connectivity index (χ1n) is 19.9. The van der Waals surface area contributed by atoms with Crippen molar-refractivity contribution in [2.45, 2.75) is 25.7 Å². The molecule has 0 unspecified atom stereocenters. The molecule has 0 fully saturated rings. The molecule has 6 heteroatoms. The molecule has 0 radical (unpaired) electrons. The van der Waals surface area contributed by atoms with Gasteiger partial charge in [-0.25, -0.2) is 19.9 Å². The Hall–Kier alpha value is -7.44. The smallest absolute Gasteiger partial charge is 0.227 e. The number of hydrogen-bond acceptors (Lipinski definition) is 6. The number of aryl methyl sites for hydroxylation is 1. The van der Waals surface area contributed by atoms with Crippen LogP contribution in [0.4, 0.5) is 0 Å². The third kappa shape index (κ3) is 5.33. The summed E-state index contributed by atoms with van der Waals surface area (Å²) >= 11 is 0. The van der Waals surface area contributed by atoms with E-state index in [-0.39, 0.29) is 0 Å². The summed E-state index contributed by atoms with van der Waals surface area (Å²) in [6.45, 7) is 0. The van der Waals surface area contributed by atoms with E-state index in [4.69, 9.17) is 28.8 Å². The highest BCUT2D eigenvalue weighted by molar-refractivity contribution is 6.18. The average Bonchev–Trinajstić information content (AvgIpc) is 3.88. The number of benzene rings is 8. The fraction of sp³-hybridized carbons (Fsp3) is 0.0769. The zero-order chi connectivity index (χ0) is 38.2. The molecule has 0 atom stereocenters. The quantitative estimate of drug-likeness (QED) is 0.163. The molecule has 3 aromatic heterocycles. The van der Waals surface area contributed by atoms with Crippen LogP contribution in [-0.4, -0.2) is 19.9 Å². The van der Waals surface area contributed by atoms with E-state index in [1.54, 1.807) is 0 Å². The summed E-state index contributed by atoms with van der Waals surface area (Å²) in [5.74, 6) is 2.56. The van der Waals surface area contributed by atoms with Gasteiger partial charge in [-0.3, -0.25) is 0 Å². The predicted octanol–water partition coefficient (Wildman–Crippen LogP) is 13.4. The van der Waals surface area contributed by atoms with Crippen LogP contribution in [0.3, 0.4) is 0 Å². The van der Waals surface area contributed by atoms with Gasteiger partial charge in [0.25, 0.3) is 0 Å². The first-order valence-corrected chi connectivity index (χ1v) is 19.9. The lowest BCUT2D eigenvalue weighted by atomic mass is 9.83. The highest BCUT2D eigenvalue weighted by Gasteiger charge is 2.23. The van der Waals surface area contributed by atoms with Crippen LogP contribution in [0.2, 0.25) is 0 Å². The summed E-state index contributed by atoms with van der Waals surface area (Å²) in [6.07, 6.45) is 4.30. The molecule has 1 aliphatic carbocycles. The molecule has 0 N–H and O–H groups in total. The summed E-state index contributed by atoms with van der Waals surface area (Å²) in [7, 11) is 0. The minimum atomic E-state index is 0.635. The zero-order valence-corrected chi connectivity index (χ0v) is 31.4. The molecule has 1 aliphatic rings. The van der Waals surface area contributed by atoms with E-state index in [0.717, 1.165) is 103 Å². The van der Waals surface area contributed by atoms with Crippen molar-refractivity contribution in [3.63, 3.8) is 0 Å². The van der Waals surface area contributed by atoms with Gasteiger partial charge in [0.15, 0.2) is 23.1 Å². The van der Waals surface area contributed by atoms with E-state index in [1.165, 1.54) is 21.9 Å². The number of rotatable bonds is 5. The van der Waals surface area contributed by atoms with Gasteiger partial charge in [-0.1, -0.05) is 127 Å². The van der Waals surface area contributed by atoms with Gasteiger partial charge >= 0.3 is 0 Å². The summed E-state index contributed by atoms with van der Waals surface area (Å²) < 4.78 is 12.9. The Morgan fingerprint density at radius 3 is 1.90 bits per heavy atom. The number of oxazole rings is 1. The first-order chi connectivity index (χ1) is 28.7. The third-order valence-electron chi connectivity index (χ3n) is 11.7. The number of furan rings is 1. The molecule has 0 aliphatic heterocycles. The van der Waals surface area contributed by atoms with Crippen molar-refractivity contribution in [2.75, 3.05) is 0 Å². The maximum Gasteiger partial charge on any atom is 0.227 e. The molecular formula is C52H34N4O2. The lowest BCUT2D eigenvalue weighted by molar-refractivity contribution is 0.613. The number of hydrogen-bond donors (Lipinski definition) is 0. The average molecular weight is 747 g/mol. The van der Waals surface area contributed by atoms with Crippen LogP contribution in [0.15, 0.2) is 167 Å². The topological polar surface area (TPSA) is 77.8 Å². The lowest BCUT2D eigenvalue weighted by Crippen LogP contribution is -2.05. The largest absolute Gasteiger partial charge is 0.456 e. The van der Waals surface area contributed by atoms with Crippen molar-refractivity contribution >= 4 is 54.6 Å². The molecule has 0 bridgehead atoms. The monoisotopic (exact) mass is 746 g/mol. The third-order valence-corrected chi connectivity index (χ3v) is 11.7. The van der Waals surface area contributed by atoms with Gasteiger partial charge in [0.05, 0.1) is 0 Å². The second-order valence-electron chi connectivity index (χ2n) is 15.2. The van der Waals surface area contributed by atoms with Gasteiger partial charge in [-0.2, -0.15) is 0 Å². The summed E-state index contributed by atoms with van der Waals surface area (Å²) in [4.78, 5) is 20.4. The van der Waals surface area contributed by atoms with Crippen LogP contribution < -0.4 is 0 Å². The number of para-hydroxylation sites is 1. The van der Waals surface area contributed by atoms with Crippen molar-refractivity contribution in [1.29, 1.82) is 0 Å². The molecule has 3 heterocycles. The molecular weight excluding hydrogens is 713 g/mol. The lowest BCUT2D eigenvalue weighted by Gasteiger charge is -2.21. The van der Waals surface area contributed by atoms with Crippen molar-refractivity contribution in [1.82, 2.24) is 19.9 Å². The van der Waals surface area contributed by atoms with Gasteiger partial charge in [0, 0.05) is 39.1 Å². The minimum absolute atomic E-state index is 0.635. The second-order valence-corrected chi connectivity index (χ2v) is 15.2. The van der Waals surface area contributed by atoms with Crippen LogP contribution in [-0.2, 0) is 12.8 Å². The zero-order valence-electron chi connectivity index (χ0n) is 31.4. The van der Waals surface area contributed by atoms with Gasteiger partial charge in [-0.15, -0.1) is 0 Å². The Morgan fingerprint density at radius 2 is 1.09 bits per heavy atom. The van der Waals surface area contributed by atoms with Crippen molar-refractivity contribution in [2.24, 2.45) is 0 Å². The molecule has 0 saturated carbocycles. The van der Waals surface area contributed by atoms with Crippen LogP contribution in [0, 0.1) is 0 Å². The fourth-order valence-corrected chi connectivity index (χ4v) is 8.97. The Bertz CT molecular complexity index is 3350. The normalized spacial score (nSPS) is 12.9. The van der Waals surface area contributed by atoms with Crippen LogP contribution in [0.5, 0.6) is 0 Å². The Labute approximate surface area is 333 Å². The Morgan fingerprint density at radius 1 is 0.397 bits per heavy atom. The molecule has 12 rings (SSSR count). The van der Waals surface area contributed by atoms with E-state index in [0.29, 0.717) is 23.4 Å². The molecule has 8 aromatic carbocycles. The second kappa shape index (κ2) is 13.1. The van der Waals surface area contributed by atoms with Gasteiger partial charge in [0.2, 0.25) is 5.89 Å². The van der Waals surface area contributed by atoms with Crippen LogP contribution in [0.25, 0.3) is 111 Å². The molecule has 0 saturated heterocycles. The number of nitrogens with zero attached hydrogens (tertiary/aromatic N) is 4.